The summed E-state index contributed by atoms with van der Waals surface area (Å²) in [5, 5.41) is 4.55. The molecule has 0 saturated carbocycles. The quantitative estimate of drug-likeness (QED) is 0.344. The Labute approximate surface area is 171 Å². The molecule has 0 aliphatic rings. The van der Waals surface area contributed by atoms with Gasteiger partial charge in [0.25, 0.3) is 0 Å². The van der Waals surface area contributed by atoms with Crippen LogP contribution in [0.5, 0.6) is 0 Å². The standard InChI is InChI=1S/C24H39N3O/c1-4-5-6-7-8-9-10-11-12-15-18-28-21(3)20(2)27-24-22-16-13-14-17-23(22)25-19-26-24/h13-14,16-17,19-21H,4-12,15,18H2,1-3H3,(H,25,26,27). The number of fused-ring (bicyclic) bond motifs is 1. The Morgan fingerprint density at radius 1 is 0.857 bits per heavy atom. The first-order valence-electron chi connectivity index (χ1n) is 11.3. The summed E-state index contributed by atoms with van der Waals surface area (Å²) >= 11 is 0. The zero-order valence-electron chi connectivity index (χ0n) is 18.1. The summed E-state index contributed by atoms with van der Waals surface area (Å²) < 4.78 is 6.05. The first-order valence-corrected chi connectivity index (χ1v) is 11.3. The van der Waals surface area contributed by atoms with Gasteiger partial charge in [-0.1, -0.05) is 76.8 Å². The van der Waals surface area contributed by atoms with Crippen molar-refractivity contribution in [3.8, 4) is 0 Å². The third kappa shape index (κ3) is 8.14. The van der Waals surface area contributed by atoms with Crippen LogP contribution in [0.3, 0.4) is 0 Å². The molecule has 0 radical (unpaired) electrons. The number of unbranched alkanes of at least 4 members (excludes halogenated alkanes) is 9. The summed E-state index contributed by atoms with van der Waals surface area (Å²) in [6.45, 7) is 7.41. The van der Waals surface area contributed by atoms with Crippen LogP contribution in [0.25, 0.3) is 10.9 Å². The Balaban J connectivity index is 1.57. The molecular weight excluding hydrogens is 346 g/mol. The second-order valence-electron chi connectivity index (χ2n) is 7.93. The lowest BCUT2D eigenvalue weighted by atomic mass is 10.1. The van der Waals surface area contributed by atoms with Gasteiger partial charge in [-0.2, -0.15) is 0 Å². The molecule has 156 valence electrons. The summed E-state index contributed by atoms with van der Waals surface area (Å²) in [4.78, 5) is 8.73. The van der Waals surface area contributed by atoms with Crippen LogP contribution in [-0.2, 0) is 4.74 Å². The molecular formula is C24H39N3O. The molecule has 2 atom stereocenters. The minimum absolute atomic E-state index is 0.146. The van der Waals surface area contributed by atoms with E-state index < -0.39 is 0 Å². The molecule has 1 N–H and O–H groups in total. The molecule has 0 fully saturated rings. The molecule has 0 amide bonds. The average Bonchev–Trinajstić information content (AvgIpc) is 2.72. The van der Waals surface area contributed by atoms with Crippen molar-refractivity contribution in [2.75, 3.05) is 11.9 Å². The Kier molecular flexibility index (Phi) is 10.9. The van der Waals surface area contributed by atoms with Crippen molar-refractivity contribution in [1.29, 1.82) is 0 Å². The second kappa shape index (κ2) is 13.5. The van der Waals surface area contributed by atoms with E-state index in [1.54, 1.807) is 6.33 Å². The van der Waals surface area contributed by atoms with E-state index in [0.29, 0.717) is 0 Å². The number of hydrogen-bond donors (Lipinski definition) is 1. The molecule has 0 aliphatic heterocycles. The molecule has 2 aromatic rings. The van der Waals surface area contributed by atoms with Gasteiger partial charge in [-0.15, -0.1) is 0 Å². The highest BCUT2D eigenvalue weighted by molar-refractivity contribution is 5.88. The van der Waals surface area contributed by atoms with E-state index in [0.717, 1.165) is 29.7 Å². The van der Waals surface area contributed by atoms with Gasteiger partial charge in [0.05, 0.1) is 17.7 Å². The molecule has 0 aliphatic carbocycles. The predicted octanol–water partition coefficient (Wildman–Crippen LogP) is 6.76. The molecule has 28 heavy (non-hydrogen) atoms. The number of rotatable bonds is 15. The summed E-state index contributed by atoms with van der Waals surface area (Å²) in [6.07, 6.45) is 15.3. The summed E-state index contributed by atoms with van der Waals surface area (Å²) in [5.41, 5.74) is 0.964. The smallest absolute Gasteiger partial charge is 0.137 e. The third-order valence-electron chi connectivity index (χ3n) is 5.49. The number of ether oxygens (including phenoxy) is 1. The van der Waals surface area contributed by atoms with Crippen molar-refractivity contribution < 1.29 is 4.74 Å². The summed E-state index contributed by atoms with van der Waals surface area (Å²) in [5.74, 6) is 0.882. The lowest BCUT2D eigenvalue weighted by Crippen LogP contribution is -2.31. The minimum Gasteiger partial charge on any atom is -0.376 e. The number of aromatic nitrogens is 2. The van der Waals surface area contributed by atoms with Crippen LogP contribution in [0.15, 0.2) is 30.6 Å². The Hall–Kier alpha value is -1.68. The van der Waals surface area contributed by atoms with E-state index in [-0.39, 0.29) is 12.1 Å². The first kappa shape index (κ1) is 22.6. The molecule has 4 nitrogen and oxygen atoms in total. The van der Waals surface area contributed by atoms with Gasteiger partial charge in [0.1, 0.15) is 12.1 Å². The SMILES string of the molecule is CCCCCCCCCCCCOC(C)C(C)Nc1ncnc2ccccc12. The number of nitrogens with one attached hydrogen (secondary N) is 1. The van der Waals surface area contributed by atoms with Crippen molar-refractivity contribution in [2.24, 2.45) is 0 Å². The van der Waals surface area contributed by atoms with Crippen molar-refractivity contribution in [3.05, 3.63) is 30.6 Å². The zero-order chi connectivity index (χ0) is 20.0. The molecule has 1 heterocycles. The van der Waals surface area contributed by atoms with Crippen molar-refractivity contribution in [3.63, 3.8) is 0 Å². The molecule has 2 rings (SSSR count). The third-order valence-corrected chi connectivity index (χ3v) is 5.49. The maximum Gasteiger partial charge on any atom is 0.137 e. The largest absolute Gasteiger partial charge is 0.376 e. The van der Waals surface area contributed by atoms with Crippen LogP contribution < -0.4 is 5.32 Å². The average molecular weight is 386 g/mol. The highest BCUT2D eigenvalue weighted by Crippen LogP contribution is 2.20. The van der Waals surface area contributed by atoms with Crippen LogP contribution in [0.2, 0.25) is 0 Å². The van der Waals surface area contributed by atoms with Gasteiger partial charge in [0, 0.05) is 12.0 Å². The maximum absolute atomic E-state index is 6.05. The minimum atomic E-state index is 0.146. The fourth-order valence-corrected chi connectivity index (χ4v) is 3.46. The topological polar surface area (TPSA) is 47.0 Å². The summed E-state index contributed by atoms with van der Waals surface area (Å²) in [7, 11) is 0. The van der Waals surface area contributed by atoms with Crippen molar-refractivity contribution in [2.45, 2.75) is 97.1 Å². The van der Waals surface area contributed by atoms with Gasteiger partial charge in [-0.05, 0) is 32.4 Å². The maximum atomic E-state index is 6.05. The number of anilines is 1. The summed E-state index contributed by atoms with van der Waals surface area (Å²) in [6, 6.07) is 8.28. The van der Waals surface area contributed by atoms with E-state index in [4.69, 9.17) is 4.74 Å². The zero-order valence-corrected chi connectivity index (χ0v) is 18.1. The van der Waals surface area contributed by atoms with Crippen LogP contribution in [0, 0.1) is 0 Å². The number of benzene rings is 1. The van der Waals surface area contributed by atoms with Crippen molar-refractivity contribution in [1.82, 2.24) is 9.97 Å². The molecule has 4 heteroatoms. The lowest BCUT2D eigenvalue weighted by molar-refractivity contribution is 0.0537. The fraction of sp³-hybridized carbons (Fsp3) is 0.667. The normalized spacial score (nSPS) is 13.5. The molecule has 0 spiro atoms. The first-order chi connectivity index (χ1) is 13.7. The number of hydrogen-bond acceptors (Lipinski definition) is 4. The lowest BCUT2D eigenvalue weighted by Gasteiger charge is -2.22. The van der Waals surface area contributed by atoms with E-state index in [1.165, 1.54) is 57.8 Å². The van der Waals surface area contributed by atoms with Gasteiger partial charge in [-0.3, -0.25) is 0 Å². The highest BCUT2D eigenvalue weighted by Gasteiger charge is 2.14. The second-order valence-corrected chi connectivity index (χ2v) is 7.93. The van der Waals surface area contributed by atoms with E-state index in [2.05, 4.69) is 42.1 Å². The Bertz CT molecular complexity index is 656. The van der Waals surface area contributed by atoms with E-state index >= 15 is 0 Å². The predicted molar refractivity (Wildman–Crippen MR) is 120 cm³/mol. The molecule has 0 bridgehead atoms. The van der Waals surface area contributed by atoms with E-state index in [1.807, 2.05) is 18.2 Å². The molecule has 0 saturated heterocycles. The van der Waals surface area contributed by atoms with Gasteiger partial charge in [0.15, 0.2) is 0 Å². The van der Waals surface area contributed by atoms with Crippen LogP contribution in [0.1, 0.15) is 85.0 Å². The molecule has 1 aromatic heterocycles. The van der Waals surface area contributed by atoms with Gasteiger partial charge < -0.3 is 10.1 Å². The van der Waals surface area contributed by atoms with E-state index in [9.17, 15) is 0 Å². The van der Waals surface area contributed by atoms with Crippen LogP contribution in [-0.4, -0.2) is 28.7 Å². The Morgan fingerprint density at radius 3 is 2.21 bits per heavy atom. The van der Waals surface area contributed by atoms with Gasteiger partial charge in [-0.25, -0.2) is 9.97 Å². The Morgan fingerprint density at radius 2 is 1.50 bits per heavy atom. The number of para-hydroxylation sites is 1. The van der Waals surface area contributed by atoms with Gasteiger partial charge in [0.2, 0.25) is 0 Å². The molecule has 2 unspecified atom stereocenters. The van der Waals surface area contributed by atoms with Crippen LogP contribution >= 0.6 is 0 Å². The fourth-order valence-electron chi connectivity index (χ4n) is 3.46. The molecule has 1 aromatic carbocycles. The highest BCUT2D eigenvalue weighted by atomic mass is 16.5. The van der Waals surface area contributed by atoms with Crippen molar-refractivity contribution >= 4 is 16.7 Å². The number of nitrogens with zero attached hydrogens (tertiary/aromatic N) is 2. The van der Waals surface area contributed by atoms with Gasteiger partial charge >= 0.3 is 0 Å². The van der Waals surface area contributed by atoms with Crippen LogP contribution in [0.4, 0.5) is 5.82 Å². The monoisotopic (exact) mass is 385 g/mol.